The van der Waals surface area contributed by atoms with Crippen LogP contribution in [0.25, 0.3) is 6.08 Å². The molecule has 0 bridgehead atoms. The number of ketones is 1. The minimum absolute atomic E-state index is 0.0239. The molecule has 0 amide bonds. The van der Waals surface area contributed by atoms with Gasteiger partial charge in [0.25, 0.3) is 0 Å². The summed E-state index contributed by atoms with van der Waals surface area (Å²) in [5.74, 6) is 1.48. The number of Topliss-reactive ketones (excluding diaryl/α,β-unsaturated/α-hetero) is 1. The molecular formula is C20H21NO3. The van der Waals surface area contributed by atoms with Crippen molar-refractivity contribution in [2.45, 2.75) is 0 Å². The van der Waals surface area contributed by atoms with Gasteiger partial charge < -0.3 is 14.4 Å². The van der Waals surface area contributed by atoms with Gasteiger partial charge in [-0.05, 0) is 50.0 Å². The van der Waals surface area contributed by atoms with Gasteiger partial charge in [0.15, 0.2) is 5.78 Å². The van der Waals surface area contributed by atoms with Gasteiger partial charge in [-0.25, -0.2) is 0 Å². The number of para-hydroxylation sites is 1. The van der Waals surface area contributed by atoms with Crippen LogP contribution in [0.3, 0.4) is 0 Å². The van der Waals surface area contributed by atoms with Crippen molar-refractivity contribution in [2.24, 2.45) is 0 Å². The first kappa shape index (κ1) is 16.3. The number of ether oxygens (including phenoxy) is 2. The summed E-state index contributed by atoms with van der Waals surface area (Å²) in [6.07, 6.45) is 1.87. The summed E-state index contributed by atoms with van der Waals surface area (Å²) in [6, 6.07) is 15.1. The molecule has 0 spiro atoms. The molecule has 1 aliphatic heterocycles. The van der Waals surface area contributed by atoms with E-state index in [2.05, 4.69) is 4.90 Å². The summed E-state index contributed by atoms with van der Waals surface area (Å²) in [4.78, 5) is 14.6. The molecule has 0 aliphatic carbocycles. The molecule has 4 heteroatoms. The van der Waals surface area contributed by atoms with Crippen LogP contribution in [0.2, 0.25) is 0 Å². The van der Waals surface area contributed by atoms with Gasteiger partial charge >= 0.3 is 0 Å². The molecule has 1 heterocycles. The number of rotatable bonds is 5. The maximum Gasteiger partial charge on any atom is 0.196 e. The summed E-state index contributed by atoms with van der Waals surface area (Å²) in [6.45, 7) is 1.78. The summed E-state index contributed by atoms with van der Waals surface area (Å²) < 4.78 is 11.4. The second kappa shape index (κ2) is 7.32. The van der Waals surface area contributed by atoms with E-state index in [0.717, 1.165) is 17.9 Å². The number of fused-ring (bicyclic) bond motifs is 1. The van der Waals surface area contributed by atoms with E-state index in [4.69, 9.17) is 9.47 Å². The van der Waals surface area contributed by atoms with Crippen molar-refractivity contribution in [3.8, 4) is 11.5 Å². The van der Waals surface area contributed by atoms with Gasteiger partial charge in [-0.2, -0.15) is 0 Å². The second-order valence-electron chi connectivity index (χ2n) is 6.01. The van der Waals surface area contributed by atoms with Crippen molar-refractivity contribution in [3.63, 3.8) is 0 Å². The molecule has 24 heavy (non-hydrogen) atoms. The molecule has 1 aliphatic rings. The number of carbonyl (C=O) groups is 1. The largest absolute Gasteiger partial charge is 0.492 e. The summed E-state index contributed by atoms with van der Waals surface area (Å²) in [5, 5.41) is 0. The van der Waals surface area contributed by atoms with Crippen LogP contribution in [-0.4, -0.2) is 44.5 Å². The lowest BCUT2D eigenvalue weighted by molar-refractivity contribution is 0.100. The molecule has 0 N–H and O–H groups in total. The highest BCUT2D eigenvalue weighted by Crippen LogP contribution is 2.28. The van der Waals surface area contributed by atoms with Crippen LogP contribution in [0, 0.1) is 0 Å². The second-order valence-corrected chi connectivity index (χ2v) is 6.01. The molecule has 0 saturated carbocycles. The molecule has 124 valence electrons. The van der Waals surface area contributed by atoms with Gasteiger partial charge in [0, 0.05) is 12.1 Å². The maximum absolute atomic E-state index is 12.6. The summed E-state index contributed by atoms with van der Waals surface area (Å²) in [5.41, 5.74) is 2.20. The SMILES string of the molecule is CN(C)CCOc1cccc(/C=C2\COc3ccccc3C2=O)c1. The maximum atomic E-state index is 12.6. The first-order valence-electron chi connectivity index (χ1n) is 7.98. The van der Waals surface area contributed by atoms with Gasteiger partial charge in [-0.15, -0.1) is 0 Å². The van der Waals surface area contributed by atoms with Crippen LogP contribution in [0.4, 0.5) is 0 Å². The minimum atomic E-state index is 0.0239. The first-order chi connectivity index (χ1) is 11.6. The zero-order valence-corrected chi connectivity index (χ0v) is 14.0. The zero-order valence-electron chi connectivity index (χ0n) is 14.0. The fraction of sp³-hybridized carbons (Fsp3) is 0.250. The first-order valence-corrected chi connectivity index (χ1v) is 7.98. The standard InChI is InChI=1S/C20H21NO3/c1-21(2)10-11-23-17-7-5-6-15(13-17)12-16-14-24-19-9-4-3-8-18(19)20(16)22/h3-9,12-13H,10-11,14H2,1-2H3/b16-12+. The van der Waals surface area contributed by atoms with E-state index in [-0.39, 0.29) is 5.78 Å². The number of benzene rings is 2. The molecule has 0 atom stereocenters. The average molecular weight is 323 g/mol. The van der Waals surface area contributed by atoms with Crippen molar-refractivity contribution >= 4 is 11.9 Å². The van der Waals surface area contributed by atoms with Crippen LogP contribution in [0.1, 0.15) is 15.9 Å². The number of nitrogens with zero attached hydrogens (tertiary/aromatic N) is 1. The van der Waals surface area contributed by atoms with E-state index < -0.39 is 0 Å². The minimum Gasteiger partial charge on any atom is -0.492 e. The molecule has 0 saturated heterocycles. The van der Waals surface area contributed by atoms with Crippen molar-refractivity contribution in [2.75, 3.05) is 33.9 Å². The highest BCUT2D eigenvalue weighted by atomic mass is 16.5. The molecule has 2 aromatic carbocycles. The van der Waals surface area contributed by atoms with E-state index in [1.54, 1.807) is 6.07 Å². The quantitative estimate of drug-likeness (QED) is 0.792. The summed E-state index contributed by atoms with van der Waals surface area (Å²) >= 11 is 0. The lowest BCUT2D eigenvalue weighted by Gasteiger charge is -2.18. The van der Waals surface area contributed by atoms with Gasteiger partial charge in [-0.3, -0.25) is 4.79 Å². The smallest absolute Gasteiger partial charge is 0.196 e. The number of hydrogen-bond acceptors (Lipinski definition) is 4. The Hall–Kier alpha value is -2.59. The highest BCUT2D eigenvalue weighted by Gasteiger charge is 2.22. The van der Waals surface area contributed by atoms with E-state index >= 15 is 0 Å². The van der Waals surface area contributed by atoms with Crippen LogP contribution in [0.15, 0.2) is 54.1 Å². The average Bonchev–Trinajstić information content (AvgIpc) is 2.58. The molecule has 2 aromatic rings. The topological polar surface area (TPSA) is 38.8 Å². The molecule has 3 rings (SSSR count). The van der Waals surface area contributed by atoms with E-state index in [9.17, 15) is 4.79 Å². The van der Waals surface area contributed by atoms with Crippen LogP contribution in [0.5, 0.6) is 11.5 Å². The fourth-order valence-corrected chi connectivity index (χ4v) is 2.52. The molecule has 4 nitrogen and oxygen atoms in total. The Balaban J connectivity index is 1.76. The third-order valence-electron chi connectivity index (χ3n) is 3.81. The summed E-state index contributed by atoms with van der Waals surface area (Å²) in [7, 11) is 4.02. The van der Waals surface area contributed by atoms with Gasteiger partial charge in [0.05, 0.1) is 5.56 Å². The van der Waals surface area contributed by atoms with Crippen molar-refractivity contribution in [1.29, 1.82) is 0 Å². The molecule has 0 unspecified atom stereocenters. The Labute approximate surface area is 142 Å². The Morgan fingerprint density at radius 1 is 1.17 bits per heavy atom. The molecule has 0 radical (unpaired) electrons. The van der Waals surface area contributed by atoms with Crippen LogP contribution < -0.4 is 9.47 Å². The van der Waals surface area contributed by atoms with Gasteiger partial charge in [0.2, 0.25) is 0 Å². The predicted molar refractivity (Wildman–Crippen MR) is 94.7 cm³/mol. The Morgan fingerprint density at radius 2 is 2.00 bits per heavy atom. The molecule has 0 fully saturated rings. The third-order valence-corrected chi connectivity index (χ3v) is 3.81. The lowest BCUT2D eigenvalue weighted by Crippen LogP contribution is -2.19. The fourth-order valence-electron chi connectivity index (χ4n) is 2.52. The molecule has 0 aromatic heterocycles. The van der Waals surface area contributed by atoms with Crippen molar-refractivity contribution in [3.05, 3.63) is 65.2 Å². The number of carbonyl (C=O) groups excluding carboxylic acids is 1. The predicted octanol–water partition coefficient (Wildman–Crippen LogP) is 3.29. The van der Waals surface area contributed by atoms with E-state index in [0.29, 0.717) is 30.1 Å². The Kier molecular flexibility index (Phi) is 4.96. The van der Waals surface area contributed by atoms with Crippen molar-refractivity contribution in [1.82, 2.24) is 4.90 Å². The monoisotopic (exact) mass is 323 g/mol. The highest BCUT2D eigenvalue weighted by molar-refractivity contribution is 6.14. The van der Waals surface area contributed by atoms with Crippen molar-refractivity contribution < 1.29 is 14.3 Å². The van der Waals surface area contributed by atoms with Crippen LogP contribution in [-0.2, 0) is 0 Å². The van der Waals surface area contributed by atoms with Gasteiger partial charge in [0.1, 0.15) is 24.7 Å². The Bertz CT molecular complexity index is 765. The Morgan fingerprint density at radius 3 is 2.83 bits per heavy atom. The normalized spacial score (nSPS) is 15.3. The third kappa shape index (κ3) is 3.84. The molecular weight excluding hydrogens is 302 g/mol. The number of likely N-dealkylation sites (N-methyl/N-ethyl adjacent to an activating group) is 1. The van der Waals surface area contributed by atoms with Crippen LogP contribution >= 0.6 is 0 Å². The lowest BCUT2D eigenvalue weighted by atomic mass is 9.98. The number of hydrogen-bond donors (Lipinski definition) is 0. The zero-order chi connectivity index (χ0) is 16.9. The van der Waals surface area contributed by atoms with Gasteiger partial charge in [-0.1, -0.05) is 24.3 Å². The van der Waals surface area contributed by atoms with E-state index in [1.165, 1.54) is 0 Å². The van der Waals surface area contributed by atoms with E-state index in [1.807, 2.05) is 62.6 Å².